The Labute approximate surface area is 114 Å². The fourth-order valence-corrected chi connectivity index (χ4v) is 2.28. The number of hydrogen-bond acceptors (Lipinski definition) is 3. The molecule has 19 heavy (non-hydrogen) atoms. The lowest BCUT2D eigenvalue weighted by atomic mass is 9.93. The molecule has 1 aliphatic heterocycles. The Hall–Kier alpha value is -1.71. The Kier molecular flexibility index (Phi) is 3.20. The van der Waals surface area contributed by atoms with Crippen LogP contribution in [0.3, 0.4) is 0 Å². The van der Waals surface area contributed by atoms with Gasteiger partial charge in [-0.1, -0.05) is 13.8 Å². The van der Waals surface area contributed by atoms with Gasteiger partial charge in [-0.15, -0.1) is 0 Å². The molecule has 0 aliphatic carbocycles. The molecule has 0 saturated heterocycles. The Morgan fingerprint density at radius 1 is 1.37 bits per heavy atom. The van der Waals surface area contributed by atoms with Crippen molar-refractivity contribution in [2.75, 3.05) is 24.3 Å². The zero-order chi connectivity index (χ0) is 14.4. The van der Waals surface area contributed by atoms with Crippen LogP contribution >= 0.6 is 0 Å². The van der Waals surface area contributed by atoms with Crippen molar-refractivity contribution in [1.29, 1.82) is 0 Å². The Balaban J connectivity index is 2.58. The third kappa shape index (κ3) is 2.27. The largest absolute Gasteiger partial charge is 0.488 e. The minimum absolute atomic E-state index is 0.0477. The maximum Gasteiger partial charge on any atom is 0.235 e. The molecule has 1 heterocycles. The first kappa shape index (κ1) is 13.7. The normalized spacial score (nSPS) is 18.0. The molecule has 0 aromatic heterocycles. The quantitative estimate of drug-likeness (QED) is 0.792. The standard InChI is InChI=1S/C15H22N2O2/c1-9(2)10-6-11(16)13-12(7-10)17(5)14(18)15(3,4)8-19-13/h6-7,9H,8,16H2,1-5H3. The van der Waals surface area contributed by atoms with Gasteiger partial charge in [-0.3, -0.25) is 4.79 Å². The Morgan fingerprint density at radius 2 is 2.00 bits per heavy atom. The molecule has 0 atom stereocenters. The predicted octanol–water partition coefficient (Wildman–Crippen LogP) is 2.77. The Bertz CT molecular complexity index is 521. The van der Waals surface area contributed by atoms with Gasteiger partial charge in [0.15, 0.2) is 5.75 Å². The van der Waals surface area contributed by atoms with Crippen LogP contribution in [0.5, 0.6) is 5.75 Å². The zero-order valence-corrected chi connectivity index (χ0v) is 12.3. The van der Waals surface area contributed by atoms with Crippen LogP contribution in [0.15, 0.2) is 12.1 Å². The van der Waals surface area contributed by atoms with Crippen LogP contribution in [-0.2, 0) is 4.79 Å². The number of carbonyl (C=O) groups excluding carboxylic acids is 1. The average Bonchev–Trinajstić information content (AvgIpc) is 2.41. The number of hydrogen-bond donors (Lipinski definition) is 1. The number of amides is 1. The van der Waals surface area contributed by atoms with Crippen molar-refractivity contribution in [2.45, 2.75) is 33.6 Å². The van der Waals surface area contributed by atoms with Gasteiger partial charge in [-0.05, 0) is 37.5 Å². The van der Waals surface area contributed by atoms with Crippen molar-refractivity contribution in [3.8, 4) is 5.75 Å². The second-order valence-corrected chi connectivity index (χ2v) is 6.15. The second kappa shape index (κ2) is 4.44. The van der Waals surface area contributed by atoms with E-state index in [-0.39, 0.29) is 5.91 Å². The number of nitrogen functional groups attached to an aromatic ring is 1. The smallest absolute Gasteiger partial charge is 0.235 e. The molecule has 4 heteroatoms. The molecule has 0 radical (unpaired) electrons. The molecule has 0 bridgehead atoms. The molecular weight excluding hydrogens is 240 g/mol. The van der Waals surface area contributed by atoms with Gasteiger partial charge in [0.05, 0.1) is 16.8 Å². The summed E-state index contributed by atoms with van der Waals surface area (Å²) in [6.45, 7) is 8.32. The van der Waals surface area contributed by atoms with Crippen molar-refractivity contribution in [3.63, 3.8) is 0 Å². The fraction of sp³-hybridized carbons (Fsp3) is 0.533. The van der Waals surface area contributed by atoms with Crippen molar-refractivity contribution in [3.05, 3.63) is 17.7 Å². The van der Waals surface area contributed by atoms with Crippen molar-refractivity contribution < 1.29 is 9.53 Å². The van der Waals surface area contributed by atoms with E-state index < -0.39 is 5.41 Å². The van der Waals surface area contributed by atoms with Gasteiger partial charge in [-0.25, -0.2) is 0 Å². The number of rotatable bonds is 1. The molecule has 4 nitrogen and oxygen atoms in total. The summed E-state index contributed by atoms with van der Waals surface area (Å²) >= 11 is 0. The third-order valence-electron chi connectivity index (χ3n) is 3.61. The van der Waals surface area contributed by atoms with Gasteiger partial charge in [0, 0.05) is 7.05 Å². The van der Waals surface area contributed by atoms with Crippen LogP contribution in [0.1, 0.15) is 39.2 Å². The molecule has 104 valence electrons. The fourth-order valence-electron chi connectivity index (χ4n) is 2.28. The molecule has 0 fully saturated rings. The van der Waals surface area contributed by atoms with E-state index >= 15 is 0 Å². The molecule has 0 spiro atoms. The molecule has 0 unspecified atom stereocenters. The summed E-state index contributed by atoms with van der Waals surface area (Å²) in [4.78, 5) is 14.1. The van der Waals surface area contributed by atoms with E-state index in [0.717, 1.165) is 11.3 Å². The molecule has 1 aromatic carbocycles. The summed E-state index contributed by atoms with van der Waals surface area (Å²) in [5.74, 6) is 1.02. The monoisotopic (exact) mass is 262 g/mol. The van der Waals surface area contributed by atoms with Crippen molar-refractivity contribution in [2.24, 2.45) is 5.41 Å². The third-order valence-corrected chi connectivity index (χ3v) is 3.61. The first-order chi connectivity index (χ1) is 8.74. The summed E-state index contributed by atoms with van der Waals surface area (Å²) in [5, 5.41) is 0. The number of anilines is 2. The van der Waals surface area contributed by atoms with Gasteiger partial charge in [0.25, 0.3) is 0 Å². The van der Waals surface area contributed by atoms with E-state index in [9.17, 15) is 4.79 Å². The number of benzene rings is 1. The number of carbonyl (C=O) groups is 1. The first-order valence-electron chi connectivity index (χ1n) is 6.58. The van der Waals surface area contributed by atoms with E-state index in [1.54, 1.807) is 11.9 Å². The van der Waals surface area contributed by atoms with Gasteiger partial charge < -0.3 is 15.4 Å². The van der Waals surface area contributed by atoms with Gasteiger partial charge in [-0.2, -0.15) is 0 Å². The van der Waals surface area contributed by atoms with Crippen LogP contribution < -0.4 is 15.4 Å². The number of fused-ring (bicyclic) bond motifs is 1. The highest BCUT2D eigenvalue weighted by Gasteiger charge is 2.36. The van der Waals surface area contributed by atoms with E-state index in [1.165, 1.54) is 0 Å². The lowest BCUT2D eigenvalue weighted by molar-refractivity contribution is -0.127. The van der Waals surface area contributed by atoms with Gasteiger partial charge in [0.2, 0.25) is 5.91 Å². The molecule has 0 saturated carbocycles. The first-order valence-corrected chi connectivity index (χ1v) is 6.58. The summed E-state index contributed by atoms with van der Waals surface area (Å²) in [6, 6.07) is 3.93. The van der Waals surface area contributed by atoms with Gasteiger partial charge >= 0.3 is 0 Å². The predicted molar refractivity (Wildman–Crippen MR) is 77.6 cm³/mol. The molecule has 1 aromatic rings. The van der Waals surface area contributed by atoms with Crippen LogP contribution in [0, 0.1) is 5.41 Å². The van der Waals surface area contributed by atoms with Crippen molar-refractivity contribution >= 4 is 17.3 Å². The maximum absolute atomic E-state index is 12.4. The lowest BCUT2D eigenvalue weighted by Crippen LogP contribution is -2.39. The SMILES string of the molecule is CC(C)c1cc(N)c2c(c1)N(C)C(=O)C(C)(C)CO2. The summed E-state index contributed by atoms with van der Waals surface area (Å²) < 4.78 is 5.78. The number of ether oxygens (including phenoxy) is 1. The van der Waals surface area contributed by atoms with Crippen LogP contribution in [0.4, 0.5) is 11.4 Å². The highest BCUT2D eigenvalue weighted by atomic mass is 16.5. The number of nitrogens with zero attached hydrogens (tertiary/aromatic N) is 1. The Morgan fingerprint density at radius 3 is 2.58 bits per heavy atom. The molecule has 1 amide bonds. The summed E-state index contributed by atoms with van der Waals surface area (Å²) in [5.41, 5.74) is 8.01. The van der Waals surface area contributed by atoms with Crippen molar-refractivity contribution in [1.82, 2.24) is 0 Å². The van der Waals surface area contributed by atoms with Crippen LogP contribution in [0.25, 0.3) is 0 Å². The highest BCUT2D eigenvalue weighted by Crippen LogP contribution is 2.41. The van der Waals surface area contributed by atoms with Gasteiger partial charge in [0.1, 0.15) is 6.61 Å². The topological polar surface area (TPSA) is 55.6 Å². The average molecular weight is 262 g/mol. The van der Waals surface area contributed by atoms with E-state index in [1.807, 2.05) is 26.0 Å². The van der Waals surface area contributed by atoms with Crippen LogP contribution in [0.2, 0.25) is 0 Å². The van der Waals surface area contributed by atoms with E-state index in [4.69, 9.17) is 10.5 Å². The number of nitrogens with two attached hydrogens (primary N) is 1. The highest BCUT2D eigenvalue weighted by molar-refractivity contribution is 6.00. The summed E-state index contributed by atoms with van der Waals surface area (Å²) in [6.07, 6.45) is 0. The summed E-state index contributed by atoms with van der Waals surface area (Å²) in [7, 11) is 1.78. The molecule has 1 aliphatic rings. The molecule has 2 rings (SSSR count). The minimum Gasteiger partial charge on any atom is -0.488 e. The molecule has 2 N–H and O–H groups in total. The van der Waals surface area contributed by atoms with E-state index in [2.05, 4.69) is 13.8 Å². The zero-order valence-electron chi connectivity index (χ0n) is 12.3. The lowest BCUT2D eigenvalue weighted by Gasteiger charge is -2.24. The molecular formula is C15H22N2O2. The maximum atomic E-state index is 12.4. The minimum atomic E-state index is -0.543. The van der Waals surface area contributed by atoms with Crippen LogP contribution in [-0.4, -0.2) is 19.6 Å². The second-order valence-electron chi connectivity index (χ2n) is 6.15. The van der Waals surface area contributed by atoms with E-state index in [0.29, 0.717) is 24.0 Å².